The van der Waals surface area contributed by atoms with E-state index in [1.54, 1.807) is 24.3 Å². The third-order valence-corrected chi connectivity index (χ3v) is 4.45. The Morgan fingerprint density at radius 2 is 2.00 bits per heavy atom. The number of carbonyl (C=O) groups is 1. The lowest BCUT2D eigenvalue weighted by atomic mass is 10.2. The van der Waals surface area contributed by atoms with Crippen molar-refractivity contribution >= 4 is 5.91 Å². The monoisotopic (exact) mass is 449 g/mol. The van der Waals surface area contributed by atoms with E-state index >= 15 is 0 Å². The lowest BCUT2D eigenvalue weighted by molar-refractivity contribution is -0.143. The first-order valence-corrected chi connectivity index (χ1v) is 9.86. The van der Waals surface area contributed by atoms with E-state index in [0.29, 0.717) is 22.6 Å². The van der Waals surface area contributed by atoms with E-state index in [2.05, 4.69) is 20.6 Å². The molecule has 0 unspecified atom stereocenters. The molecule has 3 aromatic rings. The molecule has 11 heteroatoms. The van der Waals surface area contributed by atoms with Gasteiger partial charge in [-0.3, -0.25) is 4.79 Å². The maximum Gasteiger partial charge on any atom is 0.434 e. The molecule has 1 aromatic carbocycles. The zero-order valence-electron chi connectivity index (χ0n) is 17.5. The Bertz CT molecular complexity index is 1050. The molecular weight excluding hydrogens is 427 g/mol. The molecule has 2 aromatic heterocycles. The predicted octanol–water partition coefficient (Wildman–Crippen LogP) is 3.80. The molecule has 0 aliphatic rings. The van der Waals surface area contributed by atoms with Gasteiger partial charge in [-0.2, -0.15) is 18.3 Å². The number of alkyl halides is 3. The highest BCUT2D eigenvalue weighted by Crippen LogP contribution is 2.33. The van der Waals surface area contributed by atoms with Gasteiger partial charge >= 0.3 is 6.18 Å². The number of aromatic nitrogens is 4. The first-order chi connectivity index (χ1) is 15.3. The molecule has 0 bridgehead atoms. The van der Waals surface area contributed by atoms with Crippen LogP contribution in [0.25, 0.3) is 5.82 Å². The number of ether oxygens (including phenoxy) is 2. The Morgan fingerprint density at radius 3 is 2.66 bits per heavy atom. The highest BCUT2D eigenvalue weighted by atomic mass is 19.4. The van der Waals surface area contributed by atoms with Crippen molar-refractivity contribution in [1.29, 1.82) is 0 Å². The lowest BCUT2D eigenvalue weighted by Crippen LogP contribution is -2.26. The number of nitrogens with zero attached hydrogens (tertiary/aromatic N) is 4. The van der Waals surface area contributed by atoms with Crippen LogP contribution in [0.15, 0.2) is 42.6 Å². The summed E-state index contributed by atoms with van der Waals surface area (Å²) in [6.45, 7) is 2.64. The summed E-state index contributed by atoms with van der Waals surface area (Å²) in [5, 5.41) is 13.5. The minimum Gasteiger partial charge on any atom is -0.494 e. The Morgan fingerprint density at radius 1 is 1.19 bits per heavy atom. The second-order valence-corrected chi connectivity index (χ2v) is 6.78. The van der Waals surface area contributed by atoms with Crippen molar-refractivity contribution in [3.63, 3.8) is 0 Å². The van der Waals surface area contributed by atoms with Gasteiger partial charge in [0.2, 0.25) is 5.88 Å². The molecule has 2 heterocycles. The Hall–Kier alpha value is -3.63. The van der Waals surface area contributed by atoms with Gasteiger partial charge in [-0.05, 0) is 30.2 Å². The molecular formula is C21H22F3N5O3. The van der Waals surface area contributed by atoms with Crippen molar-refractivity contribution in [3.8, 4) is 17.4 Å². The number of hydrogen-bond donors (Lipinski definition) is 1. The van der Waals surface area contributed by atoms with Crippen LogP contribution in [0.2, 0.25) is 0 Å². The van der Waals surface area contributed by atoms with Crippen LogP contribution in [-0.4, -0.2) is 39.6 Å². The van der Waals surface area contributed by atoms with E-state index in [-0.39, 0.29) is 18.2 Å². The second-order valence-electron chi connectivity index (χ2n) is 6.78. The molecule has 0 aliphatic carbocycles. The lowest BCUT2D eigenvalue weighted by Gasteiger charge is -2.12. The van der Waals surface area contributed by atoms with Crippen molar-refractivity contribution in [1.82, 2.24) is 25.3 Å². The van der Waals surface area contributed by atoms with Crippen LogP contribution >= 0.6 is 0 Å². The number of benzene rings is 1. The van der Waals surface area contributed by atoms with Crippen LogP contribution in [0, 0.1) is 0 Å². The number of carbonyl (C=O) groups excluding carboxylic acids is 1. The van der Waals surface area contributed by atoms with Crippen molar-refractivity contribution in [3.05, 3.63) is 59.4 Å². The topological polar surface area (TPSA) is 91.2 Å². The maximum absolute atomic E-state index is 13.8. The first-order valence-electron chi connectivity index (χ1n) is 9.86. The smallest absolute Gasteiger partial charge is 0.434 e. The van der Waals surface area contributed by atoms with Crippen LogP contribution in [0.3, 0.4) is 0 Å². The molecule has 170 valence electrons. The molecule has 0 radical (unpaired) electrons. The van der Waals surface area contributed by atoms with E-state index in [0.717, 1.165) is 19.0 Å². The van der Waals surface area contributed by atoms with Crippen LogP contribution in [0.4, 0.5) is 13.2 Å². The Balaban J connectivity index is 1.78. The molecule has 1 N–H and O–H groups in total. The fourth-order valence-electron chi connectivity index (χ4n) is 2.85. The van der Waals surface area contributed by atoms with Gasteiger partial charge in [0.25, 0.3) is 5.91 Å². The van der Waals surface area contributed by atoms with E-state index in [4.69, 9.17) is 9.47 Å². The standard InChI is InChI=1S/C21H22F3N5O3/c1-3-4-10-32-15-7-5-6-14(11-15)12-25-20(30)16-13-26-29(19(16)21(22,23)24)17-8-9-18(31-2)28-27-17/h5-9,11,13H,3-4,10,12H2,1-2H3,(H,25,30). The average Bonchev–Trinajstić information content (AvgIpc) is 3.24. The van der Waals surface area contributed by atoms with Crippen LogP contribution in [0.5, 0.6) is 11.6 Å². The molecule has 0 saturated carbocycles. The van der Waals surface area contributed by atoms with Gasteiger partial charge in [-0.15, -0.1) is 10.2 Å². The third-order valence-electron chi connectivity index (χ3n) is 4.45. The molecule has 0 saturated heterocycles. The predicted molar refractivity (Wildman–Crippen MR) is 109 cm³/mol. The summed E-state index contributed by atoms with van der Waals surface area (Å²) < 4.78 is 52.3. The largest absolute Gasteiger partial charge is 0.494 e. The summed E-state index contributed by atoms with van der Waals surface area (Å²) in [6.07, 6.45) is -2.09. The SMILES string of the molecule is CCCCOc1cccc(CNC(=O)c2cnn(-c3ccc(OC)nn3)c2C(F)(F)F)c1. The Kier molecular flexibility index (Phi) is 7.29. The van der Waals surface area contributed by atoms with Crippen LogP contribution in [0.1, 0.15) is 41.4 Å². The van der Waals surface area contributed by atoms with Crippen molar-refractivity contribution < 1.29 is 27.4 Å². The van der Waals surface area contributed by atoms with Gasteiger partial charge in [-0.25, -0.2) is 4.68 Å². The fraction of sp³-hybridized carbons (Fsp3) is 0.333. The van der Waals surface area contributed by atoms with Gasteiger partial charge in [0, 0.05) is 12.6 Å². The maximum atomic E-state index is 13.8. The number of hydrogen-bond acceptors (Lipinski definition) is 6. The summed E-state index contributed by atoms with van der Waals surface area (Å²) in [6, 6.07) is 9.62. The Labute approximate surface area is 182 Å². The quantitative estimate of drug-likeness (QED) is 0.500. The van der Waals surface area contributed by atoms with Gasteiger partial charge in [0.1, 0.15) is 5.75 Å². The molecule has 32 heavy (non-hydrogen) atoms. The van der Waals surface area contributed by atoms with Gasteiger partial charge in [0.15, 0.2) is 11.5 Å². The second kappa shape index (κ2) is 10.1. The van der Waals surface area contributed by atoms with Crippen molar-refractivity contribution in [2.24, 2.45) is 0 Å². The highest BCUT2D eigenvalue weighted by Gasteiger charge is 2.41. The number of amides is 1. The molecule has 0 spiro atoms. The zero-order chi connectivity index (χ0) is 23.1. The van der Waals surface area contributed by atoms with E-state index in [9.17, 15) is 18.0 Å². The van der Waals surface area contributed by atoms with E-state index < -0.39 is 23.3 Å². The first kappa shape index (κ1) is 23.0. The van der Waals surface area contributed by atoms with E-state index in [1.165, 1.54) is 19.2 Å². The molecule has 1 amide bonds. The minimum atomic E-state index is -4.85. The number of rotatable bonds is 9. The van der Waals surface area contributed by atoms with E-state index in [1.807, 2.05) is 6.92 Å². The van der Waals surface area contributed by atoms with Gasteiger partial charge < -0.3 is 14.8 Å². The summed E-state index contributed by atoms with van der Waals surface area (Å²) in [7, 11) is 1.36. The fourth-order valence-corrected chi connectivity index (χ4v) is 2.85. The number of nitrogens with one attached hydrogen (secondary N) is 1. The molecule has 0 fully saturated rings. The number of halogens is 3. The zero-order valence-corrected chi connectivity index (χ0v) is 17.5. The molecule has 0 aliphatic heterocycles. The summed E-state index contributed by atoms with van der Waals surface area (Å²) >= 11 is 0. The van der Waals surface area contributed by atoms with Crippen molar-refractivity contribution in [2.45, 2.75) is 32.5 Å². The minimum absolute atomic E-state index is 0.0225. The number of methoxy groups -OCH3 is 1. The van der Waals surface area contributed by atoms with Crippen LogP contribution < -0.4 is 14.8 Å². The van der Waals surface area contributed by atoms with Crippen molar-refractivity contribution in [2.75, 3.05) is 13.7 Å². The summed E-state index contributed by atoms with van der Waals surface area (Å²) in [5.74, 6) is -0.350. The molecule has 3 rings (SSSR count). The number of unbranched alkanes of at least 4 members (excludes halogenated alkanes) is 1. The highest BCUT2D eigenvalue weighted by molar-refractivity contribution is 5.95. The van der Waals surface area contributed by atoms with Gasteiger partial charge in [0.05, 0.1) is 25.5 Å². The molecule has 0 atom stereocenters. The third kappa shape index (κ3) is 5.54. The van der Waals surface area contributed by atoms with Crippen LogP contribution in [-0.2, 0) is 12.7 Å². The normalized spacial score (nSPS) is 11.3. The molecule has 8 nitrogen and oxygen atoms in total. The summed E-state index contributed by atoms with van der Waals surface area (Å²) in [4.78, 5) is 12.6. The average molecular weight is 449 g/mol. The van der Waals surface area contributed by atoms with Gasteiger partial charge in [-0.1, -0.05) is 25.5 Å². The summed E-state index contributed by atoms with van der Waals surface area (Å²) in [5.41, 5.74) is -1.18.